The maximum atomic E-state index is 12.9. The molecule has 1 aliphatic heterocycles. The van der Waals surface area contributed by atoms with Crippen molar-refractivity contribution in [2.75, 3.05) is 19.8 Å². The van der Waals surface area contributed by atoms with E-state index in [1.54, 1.807) is 0 Å². The number of ketones is 1. The molecule has 2 atom stereocenters. The lowest BCUT2D eigenvalue weighted by Gasteiger charge is -2.28. The molecule has 2 unspecified atom stereocenters. The third-order valence-electron chi connectivity index (χ3n) is 4.65. The molecule has 1 aromatic rings. The Balaban J connectivity index is 1.83. The van der Waals surface area contributed by atoms with E-state index in [0.717, 1.165) is 12.1 Å². The van der Waals surface area contributed by atoms with Gasteiger partial charge in [-0.3, -0.25) is 4.79 Å². The molecule has 3 rings (SSSR count). The molecule has 2 fully saturated rings. The highest BCUT2D eigenvalue weighted by Crippen LogP contribution is 2.38. The lowest BCUT2D eigenvalue weighted by molar-refractivity contribution is 0.0889. The van der Waals surface area contributed by atoms with Gasteiger partial charge in [-0.25, -0.2) is 0 Å². The number of ether oxygens (including phenoxy) is 1. The fraction of sp³-hybridized carbons (Fsp3) is 0.588. The Labute approximate surface area is 120 Å². The molecule has 1 aliphatic carbocycles. The molecule has 0 aromatic heterocycles. The summed E-state index contributed by atoms with van der Waals surface area (Å²) in [6.07, 6.45) is 3.74. The Bertz CT molecular complexity index is 482. The van der Waals surface area contributed by atoms with Crippen LogP contribution < -0.4 is 5.32 Å². The summed E-state index contributed by atoms with van der Waals surface area (Å²) in [5.41, 5.74) is 2.18. The van der Waals surface area contributed by atoms with Crippen molar-refractivity contribution in [3.8, 4) is 0 Å². The van der Waals surface area contributed by atoms with Gasteiger partial charge in [0.2, 0.25) is 0 Å². The Kier molecular flexibility index (Phi) is 4.18. The summed E-state index contributed by atoms with van der Waals surface area (Å²) in [4.78, 5) is 12.9. The van der Waals surface area contributed by atoms with Crippen molar-refractivity contribution in [1.29, 1.82) is 0 Å². The molecule has 0 bridgehead atoms. The van der Waals surface area contributed by atoms with Crippen LogP contribution in [0.2, 0.25) is 0 Å². The first-order chi connectivity index (χ1) is 9.81. The standard InChI is InChI=1S/C17H23NO2/c1-2-18-16-11-20-10-15(16)17(19)14-9-4-3-8-13(14)12-6-5-7-12/h3-4,8-9,12,15-16,18H,2,5-7,10-11H2,1H3. The molecule has 1 heterocycles. The average molecular weight is 273 g/mol. The van der Waals surface area contributed by atoms with E-state index in [2.05, 4.69) is 24.4 Å². The van der Waals surface area contributed by atoms with E-state index in [0.29, 0.717) is 19.1 Å². The van der Waals surface area contributed by atoms with Gasteiger partial charge in [0.25, 0.3) is 0 Å². The quantitative estimate of drug-likeness (QED) is 0.838. The number of nitrogens with one attached hydrogen (secondary N) is 1. The number of rotatable bonds is 5. The fourth-order valence-corrected chi connectivity index (χ4v) is 3.27. The van der Waals surface area contributed by atoms with E-state index in [9.17, 15) is 4.79 Å². The summed E-state index contributed by atoms with van der Waals surface area (Å²) in [5, 5.41) is 3.38. The maximum Gasteiger partial charge on any atom is 0.170 e. The van der Waals surface area contributed by atoms with Gasteiger partial charge in [-0.05, 0) is 30.9 Å². The van der Waals surface area contributed by atoms with Crippen molar-refractivity contribution >= 4 is 5.78 Å². The van der Waals surface area contributed by atoms with Gasteiger partial charge in [0.1, 0.15) is 0 Å². The largest absolute Gasteiger partial charge is 0.379 e. The van der Waals surface area contributed by atoms with Crippen LogP contribution in [0.25, 0.3) is 0 Å². The summed E-state index contributed by atoms with van der Waals surface area (Å²) in [7, 11) is 0. The molecule has 0 radical (unpaired) electrons. The Morgan fingerprint density at radius 1 is 1.30 bits per heavy atom. The molecular weight excluding hydrogens is 250 g/mol. The van der Waals surface area contributed by atoms with Crippen molar-refractivity contribution in [3.63, 3.8) is 0 Å². The summed E-state index contributed by atoms with van der Waals surface area (Å²) >= 11 is 0. The van der Waals surface area contributed by atoms with Crippen LogP contribution in [0.4, 0.5) is 0 Å². The second kappa shape index (κ2) is 6.06. The third kappa shape index (κ3) is 2.52. The first-order valence-electron chi connectivity index (χ1n) is 7.75. The molecule has 1 N–H and O–H groups in total. The van der Waals surface area contributed by atoms with Crippen LogP contribution in [-0.2, 0) is 4.74 Å². The first-order valence-corrected chi connectivity index (χ1v) is 7.75. The van der Waals surface area contributed by atoms with E-state index < -0.39 is 0 Å². The zero-order valence-corrected chi connectivity index (χ0v) is 12.1. The van der Waals surface area contributed by atoms with Crippen molar-refractivity contribution in [2.45, 2.75) is 38.1 Å². The Hall–Kier alpha value is -1.19. The van der Waals surface area contributed by atoms with Crippen LogP contribution in [0.5, 0.6) is 0 Å². The van der Waals surface area contributed by atoms with Crippen molar-refractivity contribution in [2.24, 2.45) is 5.92 Å². The molecular formula is C17H23NO2. The molecule has 3 nitrogen and oxygen atoms in total. The average Bonchev–Trinajstić information content (AvgIpc) is 2.85. The molecule has 1 saturated heterocycles. The highest BCUT2D eigenvalue weighted by molar-refractivity contribution is 6.00. The lowest BCUT2D eigenvalue weighted by atomic mass is 9.76. The van der Waals surface area contributed by atoms with Gasteiger partial charge in [-0.15, -0.1) is 0 Å². The molecule has 20 heavy (non-hydrogen) atoms. The van der Waals surface area contributed by atoms with Crippen LogP contribution in [-0.4, -0.2) is 31.6 Å². The minimum Gasteiger partial charge on any atom is -0.379 e. The zero-order chi connectivity index (χ0) is 13.9. The van der Waals surface area contributed by atoms with Crippen molar-refractivity contribution in [3.05, 3.63) is 35.4 Å². The number of likely N-dealkylation sites (N-methyl/N-ethyl adjacent to an activating group) is 1. The SMILES string of the molecule is CCNC1COCC1C(=O)c1ccccc1C1CCC1. The van der Waals surface area contributed by atoms with Crippen molar-refractivity contribution in [1.82, 2.24) is 5.32 Å². The van der Waals surface area contributed by atoms with E-state index in [-0.39, 0.29) is 17.7 Å². The number of carbonyl (C=O) groups is 1. The highest BCUT2D eigenvalue weighted by Gasteiger charge is 2.35. The topological polar surface area (TPSA) is 38.3 Å². The Morgan fingerprint density at radius 2 is 2.10 bits per heavy atom. The number of hydrogen-bond acceptors (Lipinski definition) is 3. The third-order valence-corrected chi connectivity index (χ3v) is 4.65. The van der Waals surface area contributed by atoms with E-state index in [1.807, 2.05) is 12.1 Å². The molecule has 1 aromatic carbocycles. The predicted molar refractivity (Wildman–Crippen MR) is 79.1 cm³/mol. The van der Waals surface area contributed by atoms with Gasteiger partial charge in [-0.2, -0.15) is 0 Å². The summed E-state index contributed by atoms with van der Waals surface area (Å²) in [5.74, 6) is 0.821. The van der Waals surface area contributed by atoms with Gasteiger partial charge in [0.05, 0.1) is 19.1 Å². The molecule has 0 spiro atoms. The minimum absolute atomic E-state index is 0.0313. The molecule has 108 valence electrons. The van der Waals surface area contributed by atoms with Gasteiger partial charge >= 0.3 is 0 Å². The highest BCUT2D eigenvalue weighted by atomic mass is 16.5. The van der Waals surface area contributed by atoms with Crippen LogP contribution in [0, 0.1) is 5.92 Å². The van der Waals surface area contributed by atoms with Gasteiger partial charge < -0.3 is 10.1 Å². The summed E-state index contributed by atoms with van der Waals surface area (Å²) in [6.45, 7) is 4.15. The summed E-state index contributed by atoms with van der Waals surface area (Å²) < 4.78 is 5.52. The number of benzene rings is 1. The summed E-state index contributed by atoms with van der Waals surface area (Å²) in [6, 6.07) is 8.33. The number of carbonyl (C=O) groups excluding carboxylic acids is 1. The van der Waals surface area contributed by atoms with E-state index in [1.165, 1.54) is 24.8 Å². The fourth-order valence-electron chi connectivity index (χ4n) is 3.27. The van der Waals surface area contributed by atoms with E-state index >= 15 is 0 Å². The van der Waals surface area contributed by atoms with Crippen LogP contribution >= 0.6 is 0 Å². The van der Waals surface area contributed by atoms with E-state index in [4.69, 9.17) is 4.74 Å². The zero-order valence-electron chi connectivity index (χ0n) is 12.1. The Morgan fingerprint density at radius 3 is 2.80 bits per heavy atom. The number of hydrogen-bond donors (Lipinski definition) is 1. The maximum absolute atomic E-state index is 12.9. The van der Waals surface area contributed by atoms with Gasteiger partial charge in [-0.1, -0.05) is 37.6 Å². The van der Waals surface area contributed by atoms with Crippen LogP contribution in [0.1, 0.15) is 48.0 Å². The second-order valence-corrected chi connectivity index (χ2v) is 5.89. The monoisotopic (exact) mass is 273 g/mol. The smallest absolute Gasteiger partial charge is 0.170 e. The molecule has 2 aliphatic rings. The van der Waals surface area contributed by atoms with Crippen molar-refractivity contribution < 1.29 is 9.53 Å². The minimum atomic E-state index is -0.0313. The number of Topliss-reactive ketones (excluding diaryl/α,β-unsaturated/α-hetero) is 1. The molecule has 0 amide bonds. The van der Waals surface area contributed by atoms with Gasteiger partial charge in [0.15, 0.2) is 5.78 Å². The normalized spacial score (nSPS) is 26.4. The van der Waals surface area contributed by atoms with Crippen LogP contribution in [0.15, 0.2) is 24.3 Å². The first kappa shape index (κ1) is 13.8. The van der Waals surface area contributed by atoms with Gasteiger partial charge in [0, 0.05) is 11.6 Å². The molecule has 3 heteroatoms. The predicted octanol–water partition coefficient (Wildman–Crippen LogP) is 2.76. The molecule has 1 saturated carbocycles. The lowest BCUT2D eigenvalue weighted by Crippen LogP contribution is -2.39. The van der Waals surface area contributed by atoms with Crippen LogP contribution in [0.3, 0.4) is 0 Å². The second-order valence-electron chi connectivity index (χ2n) is 5.89.